The van der Waals surface area contributed by atoms with Crippen LogP contribution in [0.25, 0.3) is 11.1 Å². The van der Waals surface area contributed by atoms with Gasteiger partial charge in [-0.1, -0.05) is 29.3 Å². The lowest BCUT2D eigenvalue weighted by Crippen LogP contribution is -1.90. The van der Waals surface area contributed by atoms with Crippen LogP contribution in [0.5, 0.6) is 0 Å². The number of hydrogen-bond acceptors (Lipinski definition) is 1. The van der Waals surface area contributed by atoms with Crippen LogP contribution in [0.4, 0.5) is 0 Å². The van der Waals surface area contributed by atoms with Gasteiger partial charge in [0.25, 0.3) is 0 Å². The van der Waals surface area contributed by atoms with Crippen LogP contribution < -0.4 is 0 Å². The highest BCUT2D eigenvalue weighted by Gasteiger charge is 2.10. The highest BCUT2D eigenvalue weighted by atomic mass is 35.5. The van der Waals surface area contributed by atoms with Crippen LogP contribution in [0.15, 0.2) is 30.3 Å². The molecule has 18 heavy (non-hydrogen) atoms. The molecule has 0 aliphatic rings. The molecule has 0 saturated carbocycles. The summed E-state index contributed by atoms with van der Waals surface area (Å²) in [7, 11) is 0. The first-order valence-electron chi connectivity index (χ1n) is 5.49. The van der Waals surface area contributed by atoms with Gasteiger partial charge in [-0.25, -0.2) is 0 Å². The molecule has 0 N–H and O–H groups in total. The standard InChI is InChI=1S/C15H11Cl2N/c1-9-5-11(8-18)14(6-10(9)2)13-4-3-12(16)7-15(13)17/h3-7H,1-2H3. The lowest BCUT2D eigenvalue weighted by Gasteiger charge is -2.10. The molecule has 0 aromatic heterocycles. The second kappa shape index (κ2) is 5.02. The lowest BCUT2D eigenvalue weighted by atomic mass is 9.95. The molecular weight excluding hydrogens is 265 g/mol. The van der Waals surface area contributed by atoms with Crippen molar-refractivity contribution in [3.63, 3.8) is 0 Å². The van der Waals surface area contributed by atoms with E-state index in [2.05, 4.69) is 6.07 Å². The Morgan fingerprint density at radius 2 is 1.61 bits per heavy atom. The van der Waals surface area contributed by atoms with Crippen molar-refractivity contribution in [1.29, 1.82) is 5.26 Å². The van der Waals surface area contributed by atoms with E-state index in [0.717, 1.165) is 22.3 Å². The van der Waals surface area contributed by atoms with Gasteiger partial charge in [-0.2, -0.15) is 5.26 Å². The van der Waals surface area contributed by atoms with Crippen molar-refractivity contribution in [1.82, 2.24) is 0 Å². The Morgan fingerprint density at radius 3 is 2.22 bits per heavy atom. The Kier molecular flexibility index (Phi) is 3.61. The first-order chi connectivity index (χ1) is 8.52. The van der Waals surface area contributed by atoms with Gasteiger partial charge in [0.15, 0.2) is 0 Å². The van der Waals surface area contributed by atoms with Crippen molar-refractivity contribution in [2.24, 2.45) is 0 Å². The van der Waals surface area contributed by atoms with Crippen LogP contribution >= 0.6 is 23.2 Å². The minimum atomic E-state index is 0.558. The van der Waals surface area contributed by atoms with E-state index in [0.29, 0.717) is 15.6 Å². The number of aryl methyl sites for hydroxylation is 2. The third kappa shape index (κ3) is 2.36. The molecule has 90 valence electrons. The number of halogens is 2. The molecule has 0 unspecified atom stereocenters. The number of nitriles is 1. The van der Waals surface area contributed by atoms with Crippen LogP contribution in [0.1, 0.15) is 16.7 Å². The van der Waals surface area contributed by atoms with Gasteiger partial charge in [0, 0.05) is 21.2 Å². The van der Waals surface area contributed by atoms with E-state index < -0.39 is 0 Å². The van der Waals surface area contributed by atoms with E-state index in [1.165, 1.54) is 0 Å². The smallest absolute Gasteiger partial charge is 0.0998 e. The van der Waals surface area contributed by atoms with Crippen LogP contribution in [-0.4, -0.2) is 0 Å². The van der Waals surface area contributed by atoms with Crippen molar-refractivity contribution >= 4 is 23.2 Å². The minimum absolute atomic E-state index is 0.558. The van der Waals surface area contributed by atoms with Crippen LogP contribution in [-0.2, 0) is 0 Å². The molecule has 2 aromatic rings. The van der Waals surface area contributed by atoms with Crippen LogP contribution in [0.2, 0.25) is 10.0 Å². The van der Waals surface area contributed by atoms with E-state index in [9.17, 15) is 5.26 Å². The molecule has 3 heteroatoms. The number of rotatable bonds is 1. The molecule has 0 spiro atoms. The molecule has 0 aliphatic heterocycles. The summed E-state index contributed by atoms with van der Waals surface area (Å²) in [4.78, 5) is 0. The van der Waals surface area contributed by atoms with Crippen molar-refractivity contribution in [2.75, 3.05) is 0 Å². The van der Waals surface area contributed by atoms with Gasteiger partial charge < -0.3 is 0 Å². The zero-order valence-electron chi connectivity index (χ0n) is 10.1. The van der Waals surface area contributed by atoms with Crippen molar-refractivity contribution in [2.45, 2.75) is 13.8 Å². The number of nitrogens with zero attached hydrogens (tertiary/aromatic N) is 1. The largest absolute Gasteiger partial charge is 0.192 e. The number of hydrogen-bond donors (Lipinski definition) is 0. The molecule has 0 heterocycles. The highest BCUT2D eigenvalue weighted by molar-refractivity contribution is 6.36. The molecule has 0 bridgehead atoms. The third-order valence-electron chi connectivity index (χ3n) is 2.98. The molecule has 1 nitrogen and oxygen atoms in total. The fourth-order valence-electron chi connectivity index (χ4n) is 1.84. The predicted molar refractivity (Wildman–Crippen MR) is 76.1 cm³/mol. The van der Waals surface area contributed by atoms with Crippen LogP contribution in [0.3, 0.4) is 0 Å². The number of benzene rings is 2. The van der Waals surface area contributed by atoms with E-state index in [1.807, 2.05) is 32.0 Å². The first-order valence-corrected chi connectivity index (χ1v) is 6.25. The Labute approximate surface area is 117 Å². The maximum atomic E-state index is 9.22. The minimum Gasteiger partial charge on any atom is -0.192 e. The summed E-state index contributed by atoms with van der Waals surface area (Å²) in [6.45, 7) is 4.01. The second-order valence-electron chi connectivity index (χ2n) is 4.22. The summed E-state index contributed by atoms with van der Waals surface area (Å²) in [6.07, 6.45) is 0. The molecular formula is C15H11Cl2N. The van der Waals surface area contributed by atoms with Crippen molar-refractivity contribution < 1.29 is 0 Å². The second-order valence-corrected chi connectivity index (χ2v) is 5.06. The van der Waals surface area contributed by atoms with E-state index in [-0.39, 0.29) is 0 Å². The molecule has 0 atom stereocenters. The maximum Gasteiger partial charge on any atom is 0.0998 e. The van der Waals surface area contributed by atoms with Gasteiger partial charge in [0.05, 0.1) is 11.6 Å². The topological polar surface area (TPSA) is 23.8 Å². The van der Waals surface area contributed by atoms with Crippen molar-refractivity contribution in [3.05, 3.63) is 57.1 Å². The predicted octanol–water partition coefficient (Wildman–Crippen LogP) is 5.15. The monoisotopic (exact) mass is 275 g/mol. The Morgan fingerprint density at radius 1 is 0.944 bits per heavy atom. The summed E-state index contributed by atoms with van der Waals surface area (Å²) in [6, 6.07) is 11.4. The average molecular weight is 276 g/mol. The summed E-state index contributed by atoms with van der Waals surface area (Å²) in [5, 5.41) is 10.4. The summed E-state index contributed by atoms with van der Waals surface area (Å²) in [5.41, 5.74) is 4.54. The zero-order chi connectivity index (χ0) is 13.3. The quantitative estimate of drug-likeness (QED) is 0.706. The summed E-state index contributed by atoms with van der Waals surface area (Å²) < 4.78 is 0. The summed E-state index contributed by atoms with van der Waals surface area (Å²) in [5.74, 6) is 0. The van der Waals surface area contributed by atoms with Gasteiger partial charge in [0.1, 0.15) is 0 Å². The SMILES string of the molecule is Cc1cc(C#N)c(-c2ccc(Cl)cc2Cl)cc1C. The average Bonchev–Trinajstić information content (AvgIpc) is 2.32. The van der Waals surface area contributed by atoms with Gasteiger partial charge in [-0.05, 0) is 49.2 Å². The highest BCUT2D eigenvalue weighted by Crippen LogP contribution is 2.33. The molecule has 2 aromatic carbocycles. The van der Waals surface area contributed by atoms with Gasteiger partial charge >= 0.3 is 0 Å². The normalized spacial score (nSPS) is 10.2. The first kappa shape index (κ1) is 13.0. The Balaban J connectivity index is 2.71. The van der Waals surface area contributed by atoms with Gasteiger partial charge in [-0.15, -0.1) is 0 Å². The fourth-order valence-corrected chi connectivity index (χ4v) is 2.35. The van der Waals surface area contributed by atoms with Gasteiger partial charge in [0.2, 0.25) is 0 Å². The molecule has 2 rings (SSSR count). The molecule has 0 aliphatic carbocycles. The Hall–Kier alpha value is -1.49. The van der Waals surface area contributed by atoms with Crippen molar-refractivity contribution in [3.8, 4) is 17.2 Å². The lowest BCUT2D eigenvalue weighted by molar-refractivity contribution is 1.32. The molecule has 0 saturated heterocycles. The molecule has 0 fully saturated rings. The Bertz CT molecular complexity index is 654. The fraction of sp³-hybridized carbons (Fsp3) is 0.133. The van der Waals surface area contributed by atoms with E-state index >= 15 is 0 Å². The van der Waals surface area contributed by atoms with E-state index in [1.54, 1.807) is 12.1 Å². The molecule has 0 radical (unpaired) electrons. The summed E-state index contributed by atoms with van der Waals surface area (Å²) >= 11 is 12.1. The zero-order valence-corrected chi connectivity index (χ0v) is 11.6. The van der Waals surface area contributed by atoms with E-state index in [4.69, 9.17) is 23.2 Å². The van der Waals surface area contributed by atoms with Crippen LogP contribution in [0, 0.1) is 25.2 Å². The maximum absolute atomic E-state index is 9.22. The third-order valence-corrected chi connectivity index (χ3v) is 3.52. The van der Waals surface area contributed by atoms with Gasteiger partial charge in [-0.3, -0.25) is 0 Å². The molecule has 0 amide bonds.